The van der Waals surface area contributed by atoms with E-state index in [1.807, 2.05) is 33.4 Å². The molecule has 0 unspecified atom stereocenters. The van der Waals surface area contributed by atoms with Gasteiger partial charge in [-0.1, -0.05) is 24.1 Å². The van der Waals surface area contributed by atoms with Gasteiger partial charge >= 0.3 is 0 Å². The van der Waals surface area contributed by atoms with Crippen LogP contribution in [0.2, 0.25) is 0 Å². The summed E-state index contributed by atoms with van der Waals surface area (Å²) in [5.74, 6) is 2.58. The van der Waals surface area contributed by atoms with Crippen LogP contribution in [-0.4, -0.2) is 6.54 Å². The van der Waals surface area contributed by atoms with E-state index in [1.165, 1.54) is 0 Å². The molecule has 1 nitrogen and oxygen atoms in total. The number of rotatable bonds is 2. The molecule has 56 valence electrons. The SMILES string of the molecule is C#CCN(I)c1ccccc1. The maximum absolute atomic E-state index is 5.17. The lowest BCUT2D eigenvalue weighted by Gasteiger charge is -2.11. The molecule has 0 aliphatic heterocycles. The highest BCUT2D eigenvalue weighted by atomic mass is 127. The highest BCUT2D eigenvalue weighted by Crippen LogP contribution is 2.15. The van der Waals surface area contributed by atoms with Gasteiger partial charge in [0.05, 0.1) is 29.4 Å². The Morgan fingerprint density at radius 2 is 2.00 bits per heavy atom. The largest absolute Gasteiger partial charge is 0.303 e. The molecule has 0 atom stereocenters. The van der Waals surface area contributed by atoms with E-state index in [4.69, 9.17) is 6.42 Å². The van der Waals surface area contributed by atoms with E-state index < -0.39 is 0 Å². The van der Waals surface area contributed by atoms with Gasteiger partial charge < -0.3 is 3.11 Å². The zero-order valence-electron chi connectivity index (χ0n) is 6.00. The molecule has 0 aliphatic rings. The van der Waals surface area contributed by atoms with Crippen LogP contribution in [0.3, 0.4) is 0 Å². The molecular formula is C9H8IN. The number of nitrogens with zero attached hydrogens (tertiary/aromatic N) is 1. The minimum absolute atomic E-state index is 0.643. The van der Waals surface area contributed by atoms with E-state index in [-0.39, 0.29) is 0 Å². The minimum Gasteiger partial charge on any atom is -0.303 e. The second-order valence-corrected chi connectivity index (χ2v) is 3.22. The van der Waals surface area contributed by atoms with Gasteiger partial charge in [-0.15, -0.1) is 6.42 Å². The molecule has 0 aliphatic carbocycles. The molecule has 0 heterocycles. The molecule has 0 aromatic heterocycles. The van der Waals surface area contributed by atoms with Gasteiger partial charge in [0.2, 0.25) is 0 Å². The highest BCUT2D eigenvalue weighted by molar-refractivity contribution is 14.1. The zero-order valence-corrected chi connectivity index (χ0v) is 8.15. The van der Waals surface area contributed by atoms with Gasteiger partial charge in [-0.05, 0) is 12.1 Å². The van der Waals surface area contributed by atoms with Gasteiger partial charge in [0.25, 0.3) is 0 Å². The number of benzene rings is 1. The van der Waals surface area contributed by atoms with Gasteiger partial charge in [0.15, 0.2) is 0 Å². The second-order valence-electron chi connectivity index (χ2n) is 2.06. The van der Waals surface area contributed by atoms with E-state index >= 15 is 0 Å². The standard InChI is InChI=1S/C9H8IN/c1-2-8-11(10)9-6-4-3-5-7-9/h1,3-7H,8H2. The molecule has 2 heteroatoms. The van der Waals surface area contributed by atoms with Crippen molar-refractivity contribution in [1.29, 1.82) is 0 Å². The molecule has 0 saturated heterocycles. The molecule has 1 rings (SSSR count). The summed E-state index contributed by atoms with van der Waals surface area (Å²) in [5, 5.41) is 0. The van der Waals surface area contributed by atoms with Crippen molar-refractivity contribution in [2.75, 3.05) is 9.66 Å². The predicted octanol–water partition coefficient (Wildman–Crippen LogP) is 2.48. The Kier molecular flexibility index (Phi) is 3.24. The summed E-state index contributed by atoms with van der Waals surface area (Å²) in [6.45, 7) is 0.643. The zero-order chi connectivity index (χ0) is 8.10. The van der Waals surface area contributed by atoms with Gasteiger partial charge in [0, 0.05) is 5.69 Å². The van der Waals surface area contributed by atoms with Crippen LogP contribution in [0.4, 0.5) is 5.69 Å². The Bertz CT molecular complexity index is 250. The quantitative estimate of drug-likeness (QED) is 0.447. The Labute approximate surface area is 80.9 Å². The monoisotopic (exact) mass is 257 g/mol. The van der Waals surface area contributed by atoms with E-state index in [0.29, 0.717) is 6.54 Å². The molecule has 0 fully saturated rings. The van der Waals surface area contributed by atoms with Crippen molar-refractivity contribution >= 4 is 28.6 Å². The molecule has 0 saturated carbocycles. The van der Waals surface area contributed by atoms with Crippen LogP contribution < -0.4 is 3.11 Å². The minimum atomic E-state index is 0.643. The molecule has 0 bridgehead atoms. The van der Waals surface area contributed by atoms with Crippen molar-refractivity contribution in [1.82, 2.24) is 0 Å². The van der Waals surface area contributed by atoms with Crippen molar-refractivity contribution in [3.05, 3.63) is 30.3 Å². The Hall–Kier alpha value is -0.690. The summed E-state index contributed by atoms with van der Waals surface area (Å²) in [5.41, 5.74) is 1.14. The average Bonchev–Trinajstić information content (AvgIpc) is 2.07. The van der Waals surface area contributed by atoms with Crippen LogP contribution in [-0.2, 0) is 0 Å². The third-order valence-corrected chi connectivity index (χ3v) is 2.16. The van der Waals surface area contributed by atoms with Crippen molar-refractivity contribution in [3.8, 4) is 12.3 Å². The summed E-state index contributed by atoms with van der Waals surface area (Å²) in [7, 11) is 0. The molecule has 0 radical (unpaired) electrons. The number of para-hydroxylation sites is 1. The fraction of sp³-hybridized carbons (Fsp3) is 0.111. The summed E-state index contributed by atoms with van der Waals surface area (Å²) < 4.78 is 2.00. The van der Waals surface area contributed by atoms with E-state index in [9.17, 15) is 0 Å². The van der Waals surface area contributed by atoms with Crippen molar-refractivity contribution in [2.45, 2.75) is 0 Å². The second kappa shape index (κ2) is 4.24. The number of anilines is 1. The van der Waals surface area contributed by atoms with E-state index in [2.05, 4.69) is 28.8 Å². The van der Waals surface area contributed by atoms with Crippen molar-refractivity contribution in [2.24, 2.45) is 0 Å². The summed E-state index contributed by atoms with van der Waals surface area (Å²) in [6.07, 6.45) is 5.17. The summed E-state index contributed by atoms with van der Waals surface area (Å²) in [6, 6.07) is 10.0. The van der Waals surface area contributed by atoms with Crippen molar-refractivity contribution in [3.63, 3.8) is 0 Å². The third kappa shape index (κ3) is 2.43. The lowest BCUT2D eigenvalue weighted by atomic mass is 10.3. The molecule has 0 N–H and O–H groups in total. The average molecular weight is 257 g/mol. The first kappa shape index (κ1) is 8.41. The summed E-state index contributed by atoms with van der Waals surface area (Å²) in [4.78, 5) is 0. The molecule has 1 aromatic rings. The first-order chi connectivity index (χ1) is 5.34. The Balaban J connectivity index is 2.70. The van der Waals surface area contributed by atoms with Gasteiger partial charge in [0.1, 0.15) is 0 Å². The molecule has 0 spiro atoms. The van der Waals surface area contributed by atoms with Gasteiger partial charge in [-0.25, -0.2) is 0 Å². The lowest BCUT2D eigenvalue weighted by molar-refractivity contribution is 1.29. The number of hydrogen-bond acceptors (Lipinski definition) is 1. The number of terminal acetylenes is 1. The van der Waals surface area contributed by atoms with Gasteiger partial charge in [-0.3, -0.25) is 0 Å². The van der Waals surface area contributed by atoms with E-state index in [0.717, 1.165) is 5.69 Å². The molecule has 11 heavy (non-hydrogen) atoms. The van der Waals surface area contributed by atoms with E-state index in [1.54, 1.807) is 0 Å². The van der Waals surface area contributed by atoms with Crippen molar-refractivity contribution < 1.29 is 0 Å². The van der Waals surface area contributed by atoms with Crippen LogP contribution in [0.5, 0.6) is 0 Å². The summed E-state index contributed by atoms with van der Waals surface area (Å²) >= 11 is 2.20. The van der Waals surface area contributed by atoms with Crippen LogP contribution in [0.15, 0.2) is 30.3 Å². The number of halogens is 1. The first-order valence-corrected chi connectivity index (χ1v) is 4.23. The first-order valence-electron chi connectivity index (χ1n) is 3.26. The number of hydrogen-bond donors (Lipinski definition) is 0. The van der Waals surface area contributed by atoms with Crippen LogP contribution >= 0.6 is 22.9 Å². The Morgan fingerprint density at radius 3 is 2.55 bits per heavy atom. The van der Waals surface area contributed by atoms with Crippen LogP contribution in [0.25, 0.3) is 0 Å². The molecule has 1 aromatic carbocycles. The Morgan fingerprint density at radius 1 is 1.36 bits per heavy atom. The fourth-order valence-electron chi connectivity index (χ4n) is 0.761. The molecule has 0 amide bonds. The predicted molar refractivity (Wildman–Crippen MR) is 56.6 cm³/mol. The van der Waals surface area contributed by atoms with Crippen LogP contribution in [0, 0.1) is 12.3 Å². The lowest BCUT2D eigenvalue weighted by Crippen LogP contribution is -2.08. The topological polar surface area (TPSA) is 3.24 Å². The maximum Gasteiger partial charge on any atom is 0.0887 e. The van der Waals surface area contributed by atoms with Gasteiger partial charge in [-0.2, -0.15) is 0 Å². The maximum atomic E-state index is 5.17. The fourth-order valence-corrected chi connectivity index (χ4v) is 1.28. The third-order valence-electron chi connectivity index (χ3n) is 1.27. The van der Waals surface area contributed by atoms with Crippen LogP contribution in [0.1, 0.15) is 0 Å². The normalized spacial score (nSPS) is 8.73. The highest BCUT2D eigenvalue weighted by Gasteiger charge is 1.96. The molecular weight excluding hydrogens is 249 g/mol. The smallest absolute Gasteiger partial charge is 0.0887 e.